The molecule has 7 heteroatoms. The van der Waals surface area contributed by atoms with Crippen LogP contribution >= 0.6 is 0 Å². The SMILES string of the molecule is CC(C)CCNC(=O)CCC(=O)NNC(=O)Cn1ccc2ccccc21. The van der Waals surface area contributed by atoms with Crippen LogP contribution in [-0.2, 0) is 20.9 Å². The van der Waals surface area contributed by atoms with Crippen LogP contribution in [0.3, 0.4) is 0 Å². The largest absolute Gasteiger partial charge is 0.356 e. The highest BCUT2D eigenvalue weighted by atomic mass is 16.2. The van der Waals surface area contributed by atoms with Gasteiger partial charge in [0.2, 0.25) is 11.8 Å². The average Bonchev–Trinajstić information content (AvgIpc) is 3.01. The average molecular weight is 358 g/mol. The molecule has 0 saturated heterocycles. The van der Waals surface area contributed by atoms with Gasteiger partial charge in [-0.3, -0.25) is 25.2 Å². The molecule has 3 amide bonds. The summed E-state index contributed by atoms with van der Waals surface area (Å²) >= 11 is 0. The van der Waals surface area contributed by atoms with Crippen LogP contribution in [-0.4, -0.2) is 28.8 Å². The van der Waals surface area contributed by atoms with Gasteiger partial charge >= 0.3 is 0 Å². The Labute approximate surface area is 153 Å². The highest BCUT2D eigenvalue weighted by Crippen LogP contribution is 2.14. The number of nitrogens with one attached hydrogen (secondary N) is 3. The second kappa shape index (κ2) is 9.60. The standard InChI is InChI=1S/C19H26N4O3/c1-14(2)9-11-20-17(24)7-8-18(25)21-22-19(26)13-23-12-10-15-5-3-4-6-16(15)23/h3-6,10,12,14H,7-9,11,13H2,1-2H3,(H,20,24)(H,21,25)(H,22,26). The Morgan fingerprint density at radius 3 is 2.42 bits per heavy atom. The summed E-state index contributed by atoms with van der Waals surface area (Å²) in [5.74, 6) is -0.368. The molecule has 2 aromatic rings. The molecule has 0 aliphatic carbocycles. The third kappa shape index (κ3) is 6.23. The summed E-state index contributed by atoms with van der Waals surface area (Å²) in [6.45, 7) is 4.88. The molecule has 1 heterocycles. The number of carbonyl (C=O) groups excluding carboxylic acids is 3. The van der Waals surface area contributed by atoms with Gasteiger partial charge in [-0.05, 0) is 29.9 Å². The zero-order valence-corrected chi connectivity index (χ0v) is 15.2. The lowest BCUT2D eigenvalue weighted by atomic mass is 10.1. The quantitative estimate of drug-likeness (QED) is 0.628. The van der Waals surface area contributed by atoms with Gasteiger partial charge in [-0.15, -0.1) is 0 Å². The van der Waals surface area contributed by atoms with Crippen LogP contribution in [0.1, 0.15) is 33.1 Å². The number of carbonyl (C=O) groups is 3. The molecule has 1 aromatic heterocycles. The first-order chi connectivity index (χ1) is 12.5. The number of para-hydroxylation sites is 1. The van der Waals surface area contributed by atoms with Crippen LogP contribution in [0.4, 0.5) is 0 Å². The first-order valence-electron chi connectivity index (χ1n) is 8.84. The van der Waals surface area contributed by atoms with Crippen molar-refractivity contribution in [1.82, 2.24) is 20.7 Å². The summed E-state index contributed by atoms with van der Waals surface area (Å²) < 4.78 is 1.80. The van der Waals surface area contributed by atoms with E-state index in [-0.39, 0.29) is 31.2 Å². The van der Waals surface area contributed by atoms with Gasteiger partial charge in [0.15, 0.2) is 0 Å². The fourth-order valence-electron chi connectivity index (χ4n) is 2.49. The number of nitrogens with zero attached hydrogens (tertiary/aromatic N) is 1. The number of hydrogen-bond donors (Lipinski definition) is 3. The molecule has 7 nitrogen and oxygen atoms in total. The van der Waals surface area contributed by atoms with E-state index in [2.05, 4.69) is 30.0 Å². The molecule has 1 aromatic carbocycles. The third-order valence-electron chi connectivity index (χ3n) is 3.96. The molecule has 0 aliphatic rings. The van der Waals surface area contributed by atoms with E-state index in [9.17, 15) is 14.4 Å². The normalized spacial score (nSPS) is 10.7. The number of rotatable bonds is 8. The zero-order chi connectivity index (χ0) is 18.9. The molecule has 0 atom stereocenters. The smallest absolute Gasteiger partial charge is 0.258 e. The van der Waals surface area contributed by atoms with Gasteiger partial charge in [-0.25, -0.2) is 0 Å². The maximum absolute atomic E-state index is 12.0. The Bertz CT molecular complexity index is 767. The first-order valence-corrected chi connectivity index (χ1v) is 8.84. The number of benzene rings is 1. The lowest BCUT2D eigenvalue weighted by Gasteiger charge is -2.09. The van der Waals surface area contributed by atoms with Crippen LogP contribution in [0.2, 0.25) is 0 Å². The molecule has 0 spiro atoms. The van der Waals surface area contributed by atoms with Crippen molar-refractivity contribution >= 4 is 28.6 Å². The molecule has 0 aliphatic heterocycles. The Morgan fingerprint density at radius 2 is 1.65 bits per heavy atom. The van der Waals surface area contributed by atoms with Gasteiger partial charge in [0.1, 0.15) is 6.54 Å². The Morgan fingerprint density at radius 1 is 0.962 bits per heavy atom. The minimum Gasteiger partial charge on any atom is -0.356 e. The maximum Gasteiger partial charge on any atom is 0.258 e. The van der Waals surface area contributed by atoms with Crippen molar-refractivity contribution in [2.75, 3.05) is 6.54 Å². The molecule has 0 unspecified atom stereocenters. The van der Waals surface area contributed by atoms with Crippen molar-refractivity contribution in [3.8, 4) is 0 Å². The Kier molecular flexibility index (Phi) is 7.20. The van der Waals surface area contributed by atoms with Crippen molar-refractivity contribution < 1.29 is 14.4 Å². The van der Waals surface area contributed by atoms with Crippen molar-refractivity contribution in [3.05, 3.63) is 36.5 Å². The number of aromatic nitrogens is 1. The van der Waals surface area contributed by atoms with Gasteiger partial charge < -0.3 is 9.88 Å². The predicted octanol–water partition coefficient (Wildman–Crippen LogP) is 1.73. The second-order valence-electron chi connectivity index (χ2n) is 6.63. The van der Waals surface area contributed by atoms with E-state index in [4.69, 9.17) is 0 Å². The number of fused-ring (bicyclic) bond motifs is 1. The van der Waals surface area contributed by atoms with Gasteiger partial charge in [-0.1, -0.05) is 32.0 Å². The van der Waals surface area contributed by atoms with Crippen molar-refractivity contribution in [1.29, 1.82) is 0 Å². The zero-order valence-electron chi connectivity index (χ0n) is 15.2. The number of amides is 3. The molecule has 2 rings (SSSR count). The van der Waals surface area contributed by atoms with E-state index in [0.29, 0.717) is 12.5 Å². The molecule has 0 saturated carbocycles. The lowest BCUT2D eigenvalue weighted by Crippen LogP contribution is -2.43. The number of hydrogen-bond acceptors (Lipinski definition) is 3. The van der Waals surface area contributed by atoms with E-state index in [1.165, 1.54) is 0 Å². The summed E-state index contributed by atoms with van der Waals surface area (Å²) in [4.78, 5) is 35.3. The highest BCUT2D eigenvalue weighted by molar-refractivity contribution is 5.86. The van der Waals surface area contributed by atoms with E-state index in [1.54, 1.807) is 4.57 Å². The summed E-state index contributed by atoms with van der Waals surface area (Å²) in [6, 6.07) is 9.67. The van der Waals surface area contributed by atoms with Crippen LogP contribution in [0, 0.1) is 5.92 Å². The molecule has 0 fully saturated rings. The summed E-state index contributed by atoms with van der Waals surface area (Å²) in [5, 5.41) is 3.82. The fourth-order valence-corrected chi connectivity index (χ4v) is 2.49. The summed E-state index contributed by atoms with van der Waals surface area (Å²) in [7, 11) is 0. The van der Waals surface area contributed by atoms with Crippen molar-refractivity contribution in [2.45, 2.75) is 39.7 Å². The van der Waals surface area contributed by atoms with Gasteiger partial charge in [0.05, 0.1) is 0 Å². The fraction of sp³-hybridized carbons (Fsp3) is 0.421. The van der Waals surface area contributed by atoms with Gasteiger partial charge in [0.25, 0.3) is 5.91 Å². The minimum absolute atomic E-state index is 0.0280. The van der Waals surface area contributed by atoms with Crippen molar-refractivity contribution in [3.63, 3.8) is 0 Å². The molecular formula is C19H26N4O3. The lowest BCUT2D eigenvalue weighted by molar-refractivity contribution is -0.130. The molecule has 3 N–H and O–H groups in total. The molecular weight excluding hydrogens is 332 g/mol. The topological polar surface area (TPSA) is 92.2 Å². The summed E-state index contributed by atoms with van der Waals surface area (Å²) in [5.41, 5.74) is 5.67. The van der Waals surface area contributed by atoms with E-state index >= 15 is 0 Å². The second-order valence-corrected chi connectivity index (χ2v) is 6.63. The molecule has 26 heavy (non-hydrogen) atoms. The molecule has 0 radical (unpaired) electrons. The van der Waals surface area contributed by atoms with E-state index in [1.807, 2.05) is 36.5 Å². The molecule has 0 bridgehead atoms. The van der Waals surface area contributed by atoms with Crippen LogP contribution in [0.15, 0.2) is 36.5 Å². The Balaban J connectivity index is 1.67. The van der Waals surface area contributed by atoms with Gasteiger partial charge in [-0.2, -0.15) is 0 Å². The third-order valence-corrected chi connectivity index (χ3v) is 3.96. The van der Waals surface area contributed by atoms with Gasteiger partial charge in [0, 0.05) is 31.1 Å². The monoisotopic (exact) mass is 358 g/mol. The summed E-state index contributed by atoms with van der Waals surface area (Å²) in [6.07, 6.45) is 2.86. The van der Waals surface area contributed by atoms with Crippen molar-refractivity contribution in [2.24, 2.45) is 5.92 Å². The predicted molar refractivity (Wildman–Crippen MR) is 99.9 cm³/mol. The highest BCUT2D eigenvalue weighted by Gasteiger charge is 2.09. The maximum atomic E-state index is 12.0. The van der Waals surface area contributed by atoms with Crippen LogP contribution < -0.4 is 16.2 Å². The van der Waals surface area contributed by atoms with Crippen LogP contribution in [0.5, 0.6) is 0 Å². The minimum atomic E-state index is -0.394. The van der Waals surface area contributed by atoms with Crippen LogP contribution in [0.25, 0.3) is 10.9 Å². The first kappa shape index (κ1) is 19.5. The Hall–Kier alpha value is -2.83. The number of hydrazine groups is 1. The van der Waals surface area contributed by atoms with E-state index < -0.39 is 5.91 Å². The van der Waals surface area contributed by atoms with E-state index in [0.717, 1.165) is 17.3 Å². The molecule has 140 valence electrons.